The molecule has 2 unspecified atom stereocenters. The third-order valence-corrected chi connectivity index (χ3v) is 6.59. The molecule has 0 saturated carbocycles. The molecule has 0 bridgehead atoms. The predicted molar refractivity (Wildman–Crippen MR) is 117 cm³/mol. The summed E-state index contributed by atoms with van der Waals surface area (Å²) in [7, 11) is -1.34. The summed E-state index contributed by atoms with van der Waals surface area (Å²) in [4.78, 5) is 13.1. The highest BCUT2D eigenvalue weighted by molar-refractivity contribution is 7.83. The highest BCUT2D eigenvalue weighted by atomic mass is 32.2. The molecule has 5 nitrogen and oxygen atoms in total. The number of carbonyl (C=O) groups is 1. The number of amides is 1. The van der Waals surface area contributed by atoms with Gasteiger partial charge in [0.05, 0.1) is 10.9 Å². The Bertz CT molecular complexity index is 1070. The Morgan fingerprint density at radius 1 is 1.07 bits per heavy atom. The maximum absolute atomic E-state index is 12.5. The first kappa shape index (κ1) is 19.8. The van der Waals surface area contributed by atoms with Crippen LogP contribution in [0.25, 0.3) is 10.8 Å². The minimum Gasteiger partial charge on any atom is -0.349 e. The molecule has 3 aromatic rings. The number of carbonyl (C=O) groups excluding carboxylic acids is 1. The van der Waals surface area contributed by atoms with E-state index in [9.17, 15) is 9.00 Å². The quantitative estimate of drug-likeness (QED) is 0.563. The van der Waals surface area contributed by atoms with E-state index < -0.39 is 11.0 Å². The van der Waals surface area contributed by atoms with Gasteiger partial charge in [-0.1, -0.05) is 48.5 Å². The lowest BCUT2D eigenvalue weighted by atomic mass is 10.0. The van der Waals surface area contributed by atoms with Crippen LogP contribution in [0, 0.1) is 0 Å². The number of benzene rings is 3. The summed E-state index contributed by atoms with van der Waals surface area (Å²) in [6.07, 6.45) is 2.12. The van der Waals surface area contributed by atoms with Gasteiger partial charge in [-0.25, -0.2) is 8.93 Å². The van der Waals surface area contributed by atoms with E-state index in [1.54, 1.807) is 0 Å². The Kier molecular flexibility index (Phi) is 6.04. The van der Waals surface area contributed by atoms with Gasteiger partial charge in [-0.2, -0.15) is 0 Å². The Morgan fingerprint density at radius 3 is 2.72 bits per heavy atom. The van der Waals surface area contributed by atoms with Gasteiger partial charge in [-0.15, -0.1) is 0 Å². The molecular formula is C23H25N3O2S. The number of hydrogen-bond acceptors (Lipinski definition) is 3. The maximum Gasteiger partial charge on any atom is 0.221 e. The molecule has 4 rings (SSSR count). The fourth-order valence-corrected chi connectivity index (χ4v) is 4.84. The van der Waals surface area contributed by atoms with Gasteiger partial charge in [0.1, 0.15) is 11.0 Å². The topological polar surface area (TPSA) is 84.2 Å². The van der Waals surface area contributed by atoms with Gasteiger partial charge in [-0.05, 0) is 52.4 Å². The SMILES string of the molecule is NCc1cccc2c1CCC2NC(=O)CCNS(=O)c1ccc2ccccc2c1. The largest absolute Gasteiger partial charge is 0.349 e. The van der Waals surface area contributed by atoms with Crippen molar-refractivity contribution in [3.8, 4) is 0 Å². The van der Waals surface area contributed by atoms with E-state index in [-0.39, 0.29) is 18.4 Å². The van der Waals surface area contributed by atoms with Crippen LogP contribution in [0.4, 0.5) is 0 Å². The van der Waals surface area contributed by atoms with E-state index in [0.29, 0.717) is 18.0 Å². The minimum atomic E-state index is -1.34. The van der Waals surface area contributed by atoms with E-state index in [1.165, 1.54) is 11.1 Å². The van der Waals surface area contributed by atoms with Gasteiger partial charge < -0.3 is 11.1 Å². The lowest BCUT2D eigenvalue weighted by Gasteiger charge is -2.15. The molecule has 0 saturated heterocycles. The first-order chi connectivity index (χ1) is 14.2. The predicted octanol–water partition coefficient (Wildman–Crippen LogP) is 3.10. The second-order valence-corrected chi connectivity index (χ2v) is 8.57. The summed E-state index contributed by atoms with van der Waals surface area (Å²) in [5.41, 5.74) is 9.43. The fourth-order valence-electron chi connectivity index (χ4n) is 3.96. The minimum absolute atomic E-state index is 0.0370. The van der Waals surface area contributed by atoms with Crippen molar-refractivity contribution in [2.24, 2.45) is 5.73 Å². The summed E-state index contributed by atoms with van der Waals surface area (Å²) in [5.74, 6) is -0.0380. The molecule has 6 heteroatoms. The number of nitrogens with two attached hydrogens (primary N) is 1. The Morgan fingerprint density at radius 2 is 1.90 bits per heavy atom. The van der Waals surface area contributed by atoms with Gasteiger partial charge in [0, 0.05) is 19.5 Å². The van der Waals surface area contributed by atoms with E-state index in [1.807, 2.05) is 48.5 Å². The van der Waals surface area contributed by atoms with Gasteiger partial charge in [0.25, 0.3) is 0 Å². The molecule has 0 heterocycles. The summed E-state index contributed by atoms with van der Waals surface area (Å²) < 4.78 is 15.5. The second-order valence-electron chi connectivity index (χ2n) is 7.27. The van der Waals surface area contributed by atoms with Crippen molar-refractivity contribution in [1.29, 1.82) is 0 Å². The van der Waals surface area contributed by atoms with Crippen molar-refractivity contribution in [3.05, 3.63) is 77.4 Å². The number of rotatable bonds is 7. The van der Waals surface area contributed by atoms with Crippen LogP contribution in [0.1, 0.15) is 35.6 Å². The molecule has 1 aliphatic rings. The highest BCUT2D eigenvalue weighted by Crippen LogP contribution is 2.33. The van der Waals surface area contributed by atoms with Crippen molar-refractivity contribution < 1.29 is 9.00 Å². The molecule has 1 aliphatic carbocycles. The zero-order valence-corrected chi connectivity index (χ0v) is 17.0. The molecule has 4 N–H and O–H groups in total. The first-order valence-corrected chi connectivity index (χ1v) is 11.0. The number of fused-ring (bicyclic) bond motifs is 2. The van der Waals surface area contributed by atoms with Crippen LogP contribution in [-0.4, -0.2) is 16.7 Å². The Labute approximate surface area is 173 Å². The van der Waals surface area contributed by atoms with Crippen molar-refractivity contribution in [1.82, 2.24) is 10.0 Å². The zero-order chi connectivity index (χ0) is 20.2. The number of nitrogens with one attached hydrogen (secondary N) is 2. The molecule has 0 radical (unpaired) electrons. The molecule has 0 aliphatic heterocycles. The average molecular weight is 408 g/mol. The molecule has 3 aromatic carbocycles. The molecule has 0 spiro atoms. The smallest absolute Gasteiger partial charge is 0.221 e. The van der Waals surface area contributed by atoms with Crippen LogP contribution in [-0.2, 0) is 28.7 Å². The fraction of sp³-hybridized carbons (Fsp3) is 0.261. The average Bonchev–Trinajstić information content (AvgIpc) is 3.16. The van der Waals surface area contributed by atoms with Crippen LogP contribution in [0.15, 0.2) is 65.6 Å². The van der Waals surface area contributed by atoms with Crippen molar-refractivity contribution in [2.45, 2.75) is 36.7 Å². The lowest BCUT2D eigenvalue weighted by Crippen LogP contribution is -2.30. The Hall–Kier alpha value is -2.54. The summed E-state index contributed by atoms with van der Waals surface area (Å²) in [5, 5.41) is 5.27. The Balaban J connectivity index is 1.30. The molecule has 29 heavy (non-hydrogen) atoms. The first-order valence-electron chi connectivity index (χ1n) is 9.90. The van der Waals surface area contributed by atoms with Crippen molar-refractivity contribution >= 4 is 27.7 Å². The summed E-state index contributed by atoms with van der Waals surface area (Å²) in [6, 6.07) is 19.9. The van der Waals surface area contributed by atoms with E-state index in [4.69, 9.17) is 5.73 Å². The normalized spacial score (nSPS) is 16.5. The molecular weight excluding hydrogens is 382 g/mol. The van der Waals surface area contributed by atoms with Crippen LogP contribution < -0.4 is 15.8 Å². The second kappa shape index (κ2) is 8.86. The summed E-state index contributed by atoms with van der Waals surface area (Å²) in [6.45, 7) is 0.877. The van der Waals surface area contributed by atoms with Crippen molar-refractivity contribution in [2.75, 3.05) is 6.54 Å². The standard InChI is InChI=1S/C23H25N3O2S/c24-15-18-6-3-7-21-20(18)10-11-22(21)26-23(27)12-13-25-29(28)19-9-8-16-4-1-2-5-17(16)14-19/h1-9,14,22,25H,10-13,15,24H2,(H,26,27). The third kappa shape index (κ3) is 4.40. The highest BCUT2D eigenvalue weighted by Gasteiger charge is 2.25. The molecule has 1 amide bonds. The monoisotopic (exact) mass is 407 g/mol. The van der Waals surface area contributed by atoms with E-state index in [2.05, 4.69) is 22.2 Å². The third-order valence-electron chi connectivity index (χ3n) is 5.44. The maximum atomic E-state index is 12.5. The van der Waals surface area contributed by atoms with Crippen LogP contribution >= 0.6 is 0 Å². The molecule has 0 fully saturated rings. The van der Waals surface area contributed by atoms with Crippen LogP contribution in [0.3, 0.4) is 0 Å². The van der Waals surface area contributed by atoms with Gasteiger partial charge in [0.15, 0.2) is 0 Å². The number of hydrogen-bond donors (Lipinski definition) is 3. The van der Waals surface area contributed by atoms with Gasteiger partial charge in [0.2, 0.25) is 5.91 Å². The van der Waals surface area contributed by atoms with Crippen LogP contribution in [0.5, 0.6) is 0 Å². The molecule has 150 valence electrons. The molecule has 2 atom stereocenters. The van der Waals surface area contributed by atoms with E-state index in [0.717, 1.165) is 29.2 Å². The lowest BCUT2D eigenvalue weighted by molar-refractivity contribution is -0.121. The van der Waals surface area contributed by atoms with E-state index >= 15 is 0 Å². The summed E-state index contributed by atoms with van der Waals surface area (Å²) >= 11 is 0. The van der Waals surface area contributed by atoms with Gasteiger partial charge in [-0.3, -0.25) is 4.79 Å². The van der Waals surface area contributed by atoms with Crippen LogP contribution in [0.2, 0.25) is 0 Å². The molecule has 0 aromatic heterocycles. The van der Waals surface area contributed by atoms with Gasteiger partial charge >= 0.3 is 0 Å². The van der Waals surface area contributed by atoms with Crippen molar-refractivity contribution in [3.63, 3.8) is 0 Å². The zero-order valence-electron chi connectivity index (χ0n) is 16.2.